The fourth-order valence-electron chi connectivity index (χ4n) is 4.55. The summed E-state index contributed by atoms with van der Waals surface area (Å²) in [6.45, 7) is 0. The number of furan rings is 1. The van der Waals surface area contributed by atoms with Crippen LogP contribution in [0.15, 0.2) is 47.4 Å². The van der Waals surface area contributed by atoms with Crippen molar-refractivity contribution in [3.63, 3.8) is 0 Å². The first-order valence-electron chi connectivity index (χ1n) is 10.4. The summed E-state index contributed by atoms with van der Waals surface area (Å²) in [6, 6.07) is 5.57. The Bertz CT molecular complexity index is 1410. The van der Waals surface area contributed by atoms with Crippen LogP contribution in [0.4, 0.5) is 10.2 Å². The van der Waals surface area contributed by atoms with E-state index in [2.05, 4.69) is 25.3 Å². The summed E-state index contributed by atoms with van der Waals surface area (Å²) in [5.41, 5.74) is 9.36. The second-order valence-electron chi connectivity index (χ2n) is 8.07. The molecule has 156 valence electrons. The zero-order chi connectivity index (χ0) is 20.9. The largest absolute Gasteiger partial charge is 0.452 e. The number of anilines is 1. The number of halogens is 1. The van der Waals surface area contributed by atoms with Gasteiger partial charge in [0, 0.05) is 39.9 Å². The van der Waals surface area contributed by atoms with Gasteiger partial charge in [0.15, 0.2) is 11.4 Å². The number of rotatable bonds is 3. The SMILES string of the molecule is Nc1ncc(-c2cnn(C3CCCCC3)c2)c2cc(-c3ccc(F)c4cnsc34)oc12. The van der Waals surface area contributed by atoms with Crippen molar-refractivity contribution in [2.24, 2.45) is 0 Å². The molecule has 1 aliphatic carbocycles. The molecule has 0 atom stereocenters. The van der Waals surface area contributed by atoms with E-state index in [4.69, 9.17) is 10.2 Å². The van der Waals surface area contributed by atoms with Gasteiger partial charge in [0.2, 0.25) is 0 Å². The third-order valence-electron chi connectivity index (χ3n) is 6.18. The van der Waals surface area contributed by atoms with E-state index in [9.17, 15) is 4.39 Å². The smallest absolute Gasteiger partial charge is 0.177 e. The van der Waals surface area contributed by atoms with Crippen LogP contribution >= 0.6 is 11.5 Å². The molecule has 0 bridgehead atoms. The van der Waals surface area contributed by atoms with Crippen LogP contribution < -0.4 is 5.73 Å². The minimum Gasteiger partial charge on any atom is -0.452 e. The summed E-state index contributed by atoms with van der Waals surface area (Å²) in [7, 11) is 0. The lowest BCUT2D eigenvalue weighted by atomic mass is 9.96. The number of hydrogen-bond donors (Lipinski definition) is 1. The Morgan fingerprint density at radius 3 is 2.81 bits per heavy atom. The van der Waals surface area contributed by atoms with Crippen LogP contribution in [0.25, 0.3) is 43.5 Å². The van der Waals surface area contributed by atoms with Gasteiger partial charge in [-0.3, -0.25) is 4.68 Å². The molecule has 0 unspecified atom stereocenters. The fourth-order valence-corrected chi connectivity index (χ4v) is 5.33. The summed E-state index contributed by atoms with van der Waals surface area (Å²) >= 11 is 1.25. The number of nitrogens with two attached hydrogens (primary N) is 1. The Hall–Kier alpha value is -3.26. The molecule has 2 N–H and O–H groups in total. The van der Waals surface area contributed by atoms with E-state index in [1.165, 1.54) is 49.7 Å². The van der Waals surface area contributed by atoms with Crippen LogP contribution in [0.2, 0.25) is 0 Å². The van der Waals surface area contributed by atoms with E-state index in [0.717, 1.165) is 26.8 Å². The first-order valence-corrected chi connectivity index (χ1v) is 11.2. The number of nitrogen functional groups attached to an aromatic ring is 1. The molecule has 1 saturated carbocycles. The van der Waals surface area contributed by atoms with Crippen molar-refractivity contribution in [3.8, 4) is 22.5 Å². The Labute approximate surface area is 181 Å². The van der Waals surface area contributed by atoms with Crippen molar-refractivity contribution in [2.75, 3.05) is 5.73 Å². The maximum Gasteiger partial charge on any atom is 0.177 e. The second kappa shape index (κ2) is 7.16. The fraction of sp³-hybridized carbons (Fsp3) is 0.261. The molecule has 8 heteroatoms. The van der Waals surface area contributed by atoms with Gasteiger partial charge in [-0.25, -0.2) is 9.37 Å². The van der Waals surface area contributed by atoms with Gasteiger partial charge >= 0.3 is 0 Å². The van der Waals surface area contributed by atoms with Gasteiger partial charge in [-0.15, -0.1) is 0 Å². The number of hydrogen-bond acceptors (Lipinski definition) is 6. The van der Waals surface area contributed by atoms with Crippen LogP contribution in [0, 0.1) is 5.82 Å². The highest BCUT2D eigenvalue weighted by Gasteiger charge is 2.20. The second-order valence-corrected chi connectivity index (χ2v) is 8.88. The molecule has 5 aromatic rings. The Morgan fingerprint density at radius 1 is 1.06 bits per heavy atom. The van der Waals surface area contributed by atoms with Gasteiger partial charge in [0.25, 0.3) is 0 Å². The van der Waals surface area contributed by atoms with E-state index in [0.29, 0.717) is 28.6 Å². The normalized spacial score (nSPS) is 15.3. The van der Waals surface area contributed by atoms with Crippen molar-refractivity contribution in [1.29, 1.82) is 0 Å². The van der Waals surface area contributed by atoms with E-state index in [1.54, 1.807) is 18.5 Å². The van der Waals surface area contributed by atoms with Gasteiger partial charge < -0.3 is 10.2 Å². The van der Waals surface area contributed by atoms with E-state index in [1.807, 2.05) is 12.3 Å². The van der Waals surface area contributed by atoms with Gasteiger partial charge in [0.05, 0.1) is 23.1 Å². The van der Waals surface area contributed by atoms with Crippen LogP contribution in [0.3, 0.4) is 0 Å². The number of fused-ring (bicyclic) bond motifs is 2. The molecule has 1 aliphatic rings. The predicted molar refractivity (Wildman–Crippen MR) is 120 cm³/mol. The lowest BCUT2D eigenvalue weighted by Crippen LogP contribution is -2.12. The zero-order valence-electron chi connectivity index (χ0n) is 16.7. The van der Waals surface area contributed by atoms with Crippen molar-refractivity contribution < 1.29 is 8.81 Å². The first kappa shape index (κ1) is 18.5. The number of benzene rings is 1. The van der Waals surface area contributed by atoms with E-state index in [-0.39, 0.29) is 5.82 Å². The van der Waals surface area contributed by atoms with Crippen LogP contribution in [-0.2, 0) is 0 Å². The summed E-state index contributed by atoms with van der Waals surface area (Å²) in [5, 5.41) is 5.99. The van der Waals surface area contributed by atoms with E-state index >= 15 is 0 Å². The van der Waals surface area contributed by atoms with Crippen molar-refractivity contribution >= 4 is 38.4 Å². The van der Waals surface area contributed by atoms with Crippen LogP contribution in [0.1, 0.15) is 38.1 Å². The summed E-state index contributed by atoms with van der Waals surface area (Å²) in [6.07, 6.45) is 13.4. The molecular weight excluding hydrogens is 413 g/mol. The average Bonchev–Trinajstić information content (AvgIpc) is 3.55. The molecular formula is C23H20FN5OS. The summed E-state index contributed by atoms with van der Waals surface area (Å²) in [4.78, 5) is 4.36. The van der Waals surface area contributed by atoms with Gasteiger partial charge in [0.1, 0.15) is 11.6 Å². The highest BCUT2D eigenvalue weighted by Crippen LogP contribution is 2.40. The van der Waals surface area contributed by atoms with Gasteiger partial charge in [-0.2, -0.15) is 9.47 Å². The van der Waals surface area contributed by atoms with Crippen molar-refractivity contribution in [1.82, 2.24) is 19.1 Å². The number of aromatic nitrogens is 4. The highest BCUT2D eigenvalue weighted by atomic mass is 32.1. The van der Waals surface area contributed by atoms with Gasteiger partial charge in [-0.05, 0) is 42.6 Å². The van der Waals surface area contributed by atoms with Crippen molar-refractivity contribution in [3.05, 3.63) is 48.8 Å². The minimum atomic E-state index is -0.291. The monoisotopic (exact) mass is 433 g/mol. The summed E-state index contributed by atoms with van der Waals surface area (Å²) < 4.78 is 27.2. The third kappa shape index (κ3) is 3.01. The first-order chi connectivity index (χ1) is 15.2. The van der Waals surface area contributed by atoms with Gasteiger partial charge in [-0.1, -0.05) is 19.3 Å². The Morgan fingerprint density at radius 2 is 1.94 bits per heavy atom. The molecule has 1 fully saturated rings. The molecule has 31 heavy (non-hydrogen) atoms. The molecule has 0 spiro atoms. The quantitative estimate of drug-likeness (QED) is 0.367. The number of pyridine rings is 1. The maximum absolute atomic E-state index is 14.1. The Kier molecular flexibility index (Phi) is 4.27. The maximum atomic E-state index is 14.1. The summed E-state index contributed by atoms with van der Waals surface area (Å²) in [5.74, 6) is 0.651. The topological polar surface area (TPSA) is 82.8 Å². The molecule has 4 heterocycles. The van der Waals surface area contributed by atoms with E-state index < -0.39 is 0 Å². The molecule has 0 radical (unpaired) electrons. The standard InChI is InChI=1S/C23H20FN5OS/c24-19-7-6-15(22-18(19)11-28-31-22)20-8-16-17(10-26-23(25)21(16)30-20)13-9-27-29(12-13)14-4-2-1-3-5-14/h6-12,14H,1-5H2,(H2,25,26). The molecule has 6 rings (SSSR count). The lowest BCUT2D eigenvalue weighted by molar-refractivity contribution is 0.329. The highest BCUT2D eigenvalue weighted by molar-refractivity contribution is 7.13. The van der Waals surface area contributed by atoms with Crippen LogP contribution in [0.5, 0.6) is 0 Å². The van der Waals surface area contributed by atoms with Crippen molar-refractivity contribution in [2.45, 2.75) is 38.1 Å². The molecule has 0 aliphatic heterocycles. The van der Waals surface area contributed by atoms with Crippen LogP contribution in [-0.4, -0.2) is 19.1 Å². The zero-order valence-corrected chi connectivity index (χ0v) is 17.5. The third-order valence-corrected chi connectivity index (χ3v) is 7.02. The Balaban J connectivity index is 1.47. The molecule has 0 amide bonds. The molecule has 4 aromatic heterocycles. The number of nitrogens with zero attached hydrogens (tertiary/aromatic N) is 4. The predicted octanol–water partition coefficient (Wildman–Crippen LogP) is 6.19. The minimum absolute atomic E-state index is 0.291. The molecule has 0 saturated heterocycles. The average molecular weight is 434 g/mol. The lowest BCUT2D eigenvalue weighted by Gasteiger charge is -2.21. The molecule has 6 nitrogen and oxygen atoms in total. The molecule has 1 aromatic carbocycles.